The Morgan fingerprint density at radius 2 is 2.00 bits per heavy atom. The molecule has 4 heteroatoms. The Balaban J connectivity index is 2.16. The lowest BCUT2D eigenvalue weighted by Crippen LogP contribution is -2.18. The lowest BCUT2D eigenvalue weighted by atomic mass is 9.95. The van der Waals surface area contributed by atoms with Gasteiger partial charge >= 0.3 is 0 Å². The van der Waals surface area contributed by atoms with Gasteiger partial charge in [-0.1, -0.05) is 18.2 Å². The van der Waals surface area contributed by atoms with Crippen LogP contribution in [0.1, 0.15) is 22.7 Å². The molecule has 0 spiro atoms. The normalized spacial score (nSPS) is 12.8. The van der Waals surface area contributed by atoms with Gasteiger partial charge in [-0.2, -0.15) is 0 Å². The zero-order chi connectivity index (χ0) is 15.0. The van der Waals surface area contributed by atoms with Gasteiger partial charge in [0.25, 0.3) is 0 Å². The molecule has 0 saturated carbocycles. The van der Waals surface area contributed by atoms with Crippen LogP contribution in [0.15, 0.2) is 46.3 Å². The number of aryl methyl sites for hydroxylation is 1. The van der Waals surface area contributed by atoms with E-state index in [0.717, 1.165) is 15.6 Å². The maximum Gasteiger partial charge on any atom is 0.123 e. The number of halogens is 2. The Bertz CT molecular complexity index is 797. The van der Waals surface area contributed by atoms with Gasteiger partial charge in [0.1, 0.15) is 5.82 Å². The topological polar surface area (TPSA) is 12.0 Å². The zero-order valence-electron chi connectivity index (χ0n) is 11.8. The molecule has 0 saturated heterocycles. The summed E-state index contributed by atoms with van der Waals surface area (Å²) < 4.78 is 15.7. The number of fused-ring (bicyclic) bond motifs is 1. The third-order valence-corrected chi connectivity index (χ3v) is 5.69. The zero-order valence-corrected chi connectivity index (χ0v) is 14.2. The summed E-state index contributed by atoms with van der Waals surface area (Å²) in [5.41, 5.74) is 3.30. The molecule has 0 aliphatic carbocycles. The van der Waals surface area contributed by atoms with Crippen LogP contribution in [-0.2, 0) is 0 Å². The van der Waals surface area contributed by atoms with Gasteiger partial charge in [0.05, 0.1) is 6.04 Å². The van der Waals surface area contributed by atoms with Crippen LogP contribution in [0.2, 0.25) is 0 Å². The van der Waals surface area contributed by atoms with E-state index in [1.165, 1.54) is 21.7 Å². The largest absolute Gasteiger partial charge is 0.309 e. The standard InChI is InChI=1S/C17H15BrFNS/c1-10-8-11(19)6-7-12(10)16(20-2)14-9-21-17-13(14)4-3-5-15(17)18/h3-9,16,20H,1-2H3. The molecular weight excluding hydrogens is 349 g/mol. The highest BCUT2D eigenvalue weighted by Crippen LogP contribution is 2.37. The van der Waals surface area contributed by atoms with Crippen molar-refractivity contribution in [3.05, 3.63) is 68.8 Å². The first kappa shape index (κ1) is 14.7. The second kappa shape index (κ2) is 5.87. The molecule has 1 nitrogen and oxygen atoms in total. The molecule has 0 fully saturated rings. The van der Waals surface area contributed by atoms with E-state index in [4.69, 9.17) is 0 Å². The Morgan fingerprint density at radius 1 is 1.19 bits per heavy atom. The van der Waals surface area contributed by atoms with Crippen LogP contribution in [0.5, 0.6) is 0 Å². The van der Waals surface area contributed by atoms with Crippen LogP contribution >= 0.6 is 27.3 Å². The SMILES string of the molecule is CNC(c1ccc(F)cc1C)c1csc2c(Br)cccc12. The van der Waals surface area contributed by atoms with Gasteiger partial charge in [0.2, 0.25) is 0 Å². The Labute approximate surface area is 135 Å². The first-order valence-corrected chi connectivity index (χ1v) is 8.38. The molecule has 1 aromatic heterocycles. The molecular formula is C17H15BrFNS. The molecule has 0 bridgehead atoms. The van der Waals surface area contributed by atoms with Gasteiger partial charge in [-0.15, -0.1) is 11.3 Å². The van der Waals surface area contributed by atoms with E-state index in [-0.39, 0.29) is 11.9 Å². The predicted molar refractivity (Wildman–Crippen MR) is 91.6 cm³/mol. The molecule has 0 amide bonds. The van der Waals surface area contributed by atoms with Crippen LogP contribution in [0.25, 0.3) is 10.1 Å². The van der Waals surface area contributed by atoms with Crippen molar-refractivity contribution < 1.29 is 4.39 Å². The molecule has 3 aromatic rings. The van der Waals surface area contributed by atoms with Gasteiger partial charge in [-0.25, -0.2) is 4.39 Å². The van der Waals surface area contributed by atoms with Crippen molar-refractivity contribution in [2.45, 2.75) is 13.0 Å². The molecule has 1 N–H and O–H groups in total. The van der Waals surface area contributed by atoms with Crippen molar-refractivity contribution in [2.24, 2.45) is 0 Å². The maximum absolute atomic E-state index is 13.3. The van der Waals surface area contributed by atoms with E-state index >= 15 is 0 Å². The fourth-order valence-corrected chi connectivity index (χ4v) is 4.35. The fourth-order valence-electron chi connectivity index (χ4n) is 2.71. The molecule has 0 aliphatic rings. The van der Waals surface area contributed by atoms with Crippen molar-refractivity contribution in [3.63, 3.8) is 0 Å². The second-order valence-electron chi connectivity index (χ2n) is 5.03. The van der Waals surface area contributed by atoms with Gasteiger partial charge < -0.3 is 5.32 Å². The Morgan fingerprint density at radius 3 is 2.71 bits per heavy atom. The highest BCUT2D eigenvalue weighted by molar-refractivity contribution is 9.10. The highest BCUT2D eigenvalue weighted by Gasteiger charge is 2.19. The average Bonchev–Trinajstić information content (AvgIpc) is 2.87. The van der Waals surface area contributed by atoms with E-state index in [1.807, 2.05) is 26.1 Å². The van der Waals surface area contributed by atoms with Gasteiger partial charge in [-0.05, 0) is 75.6 Å². The number of benzene rings is 2. The third kappa shape index (κ3) is 2.63. The van der Waals surface area contributed by atoms with Crippen LogP contribution in [0.4, 0.5) is 4.39 Å². The number of nitrogens with one attached hydrogen (secondary N) is 1. The summed E-state index contributed by atoms with van der Waals surface area (Å²) in [7, 11) is 1.94. The van der Waals surface area contributed by atoms with Crippen molar-refractivity contribution in [2.75, 3.05) is 7.05 Å². The molecule has 108 valence electrons. The van der Waals surface area contributed by atoms with Gasteiger partial charge in [0, 0.05) is 9.17 Å². The van der Waals surface area contributed by atoms with Crippen LogP contribution in [-0.4, -0.2) is 7.05 Å². The summed E-state index contributed by atoms with van der Waals surface area (Å²) in [6, 6.07) is 11.3. The molecule has 1 atom stereocenters. The van der Waals surface area contributed by atoms with Gasteiger partial charge in [0.15, 0.2) is 0 Å². The molecule has 21 heavy (non-hydrogen) atoms. The summed E-state index contributed by atoms with van der Waals surface area (Å²) in [6.45, 7) is 1.95. The number of rotatable bonds is 3. The van der Waals surface area contributed by atoms with Gasteiger partial charge in [-0.3, -0.25) is 0 Å². The quantitative estimate of drug-likeness (QED) is 0.654. The molecule has 2 aromatic carbocycles. The Hall–Kier alpha value is -1.23. The fraction of sp³-hybridized carbons (Fsp3) is 0.176. The summed E-state index contributed by atoms with van der Waals surface area (Å²) in [6.07, 6.45) is 0. The highest BCUT2D eigenvalue weighted by atomic mass is 79.9. The van der Waals surface area contributed by atoms with Crippen molar-refractivity contribution in [1.82, 2.24) is 5.32 Å². The van der Waals surface area contributed by atoms with E-state index in [0.29, 0.717) is 0 Å². The minimum atomic E-state index is -0.191. The minimum Gasteiger partial charge on any atom is -0.309 e. The number of hydrogen-bond donors (Lipinski definition) is 1. The smallest absolute Gasteiger partial charge is 0.123 e. The maximum atomic E-state index is 13.3. The molecule has 0 radical (unpaired) electrons. The second-order valence-corrected chi connectivity index (χ2v) is 6.76. The average molecular weight is 364 g/mol. The molecule has 0 aliphatic heterocycles. The Kier molecular flexibility index (Phi) is 4.11. The number of hydrogen-bond acceptors (Lipinski definition) is 2. The monoisotopic (exact) mass is 363 g/mol. The summed E-state index contributed by atoms with van der Waals surface area (Å²) in [5, 5.41) is 6.78. The molecule has 3 rings (SSSR count). The molecule has 1 heterocycles. The summed E-state index contributed by atoms with van der Waals surface area (Å²) in [4.78, 5) is 0. The van der Waals surface area contributed by atoms with Crippen LogP contribution < -0.4 is 5.32 Å². The summed E-state index contributed by atoms with van der Waals surface area (Å²) in [5.74, 6) is -0.191. The van der Waals surface area contributed by atoms with Crippen LogP contribution in [0, 0.1) is 12.7 Å². The summed E-state index contributed by atoms with van der Waals surface area (Å²) >= 11 is 5.33. The van der Waals surface area contributed by atoms with E-state index in [1.54, 1.807) is 17.4 Å². The van der Waals surface area contributed by atoms with E-state index in [9.17, 15) is 4.39 Å². The third-order valence-electron chi connectivity index (χ3n) is 3.72. The lowest BCUT2D eigenvalue weighted by molar-refractivity contribution is 0.621. The van der Waals surface area contributed by atoms with Crippen LogP contribution in [0.3, 0.4) is 0 Å². The molecule has 1 unspecified atom stereocenters. The first-order chi connectivity index (χ1) is 10.1. The predicted octanol–water partition coefficient (Wildman–Crippen LogP) is 5.42. The van der Waals surface area contributed by atoms with Crippen molar-refractivity contribution in [1.29, 1.82) is 0 Å². The van der Waals surface area contributed by atoms with E-state index < -0.39 is 0 Å². The van der Waals surface area contributed by atoms with Crippen molar-refractivity contribution in [3.8, 4) is 0 Å². The number of thiophene rings is 1. The van der Waals surface area contributed by atoms with E-state index in [2.05, 4.69) is 38.8 Å². The lowest BCUT2D eigenvalue weighted by Gasteiger charge is -2.19. The first-order valence-electron chi connectivity index (χ1n) is 6.70. The van der Waals surface area contributed by atoms with Crippen molar-refractivity contribution >= 4 is 37.4 Å². The minimum absolute atomic E-state index is 0.0636.